The van der Waals surface area contributed by atoms with Crippen LogP contribution in [0.1, 0.15) is 51.4 Å². The summed E-state index contributed by atoms with van der Waals surface area (Å²) in [7, 11) is 0. The third-order valence-corrected chi connectivity index (χ3v) is 4.69. The van der Waals surface area contributed by atoms with Gasteiger partial charge in [0.2, 0.25) is 0 Å². The van der Waals surface area contributed by atoms with E-state index in [2.05, 4.69) is 84.0 Å². The van der Waals surface area contributed by atoms with Crippen LogP contribution in [0.4, 0.5) is 5.69 Å². The van der Waals surface area contributed by atoms with Crippen molar-refractivity contribution in [2.75, 3.05) is 0 Å². The number of benzene rings is 2. The fraction of sp³-hybridized carbons (Fsp3) is 0.308. The van der Waals surface area contributed by atoms with Crippen LogP contribution in [0.2, 0.25) is 0 Å². The van der Waals surface area contributed by atoms with Crippen molar-refractivity contribution in [3.05, 3.63) is 99.1 Å². The molecule has 0 aliphatic carbocycles. The van der Waals surface area contributed by atoms with Crippen LogP contribution in [0.25, 0.3) is 16.1 Å². The smallest absolute Gasteiger partial charge is 0.674 e. The van der Waals surface area contributed by atoms with Crippen molar-refractivity contribution in [1.82, 2.24) is 4.98 Å². The van der Waals surface area contributed by atoms with Crippen LogP contribution >= 0.6 is 0 Å². The number of pyridine rings is 1. The van der Waals surface area contributed by atoms with Gasteiger partial charge in [-0.1, -0.05) is 93.7 Å². The van der Waals surface area contributed by atoms with Gasteiger partial charge in [0.15, 0.2) is 0 Å². The number of hydrogen-bond donors (Lipinski definition) is 0. The summed E-state index contributed by atoms with van der Waals surface area (Å²) < 4.78 is 0. The molecule has 29 heavy (non-hydrogen) atoms. The largest absolute Gasteiger partial charge is 4.00 e. The fourth-order valence-electron chi connectivity index (χ4n) is 3.17. The molecule has 3 rings (SSSR count). The van der Waals surface area contributed by atoms with Crippen molar-refractivity contribution < 1.29 is 26.2 Å². The molecule has 3 aromatic rings. The maximum Gasteiger partial charge on any atom is 4.00 e. The summed E-state index contributed by atoms with van der Waals surface area (Å²) in [5.41, 5.74) is 4.24. The number of hydrogen-bond acceptors (Lipinski definition) is 1. The van der Waals surface area contributed by atoms with E-state index in [4.69, 9.17) is 10.3 Å². The number of aryl methyl sites for hydroxylation is 1. The molecule has 0 saturated heterocycles. The Labute approximate surface area is 198 Å². The molecule has 3 heteroatoms. The van der Waals surface area contributed by atoms with Crippen molar-refractivity contribution >= 4 is 16.5 Å². The summed E-state index contributed by atoms with van der Waals surface area (Å²) >= 11 is 0. The Morgan fingerprint density at radius 3 is 1.97 bits per heavy atom. The number of fused-ring (bicyclic) bond motifs is 1. The van der Waals surface area contributed by atoms with Crippen LogP contribution in [0, 0.1) is 29.2 Å². The molecule has 0 fully saturated rings. The minimum atomic E-state index is -0.393. The standard InChI is InChI=1S/C23H27N2.3CH3.Zr/c1-16-10-9-13-19(22(2,3)4)21(16)25-23(5,6)20-14-17-11-7-8-12-18(17)15-24-20;;;;/h7-15H,1-6H3;3*1H3;/q4*-1;+4. The van der Waals surface area contributed by atoms with Crippen LogP contribution in [0.5, 0.6) is 0 Å². The molecule has 0 aliphatic rings. The molecule has 0 radical (unpaired) electrons. The summed E-state index contributed by atoms with van der Waals surface area (Å²) in [4.78, 5) is 4.70. The van der Waals surface area contributed by atoms with Crippen LogP contribution in [-0.2, 0) is 37.2 Å². The summed E-state index contributed by atoms with van der Waals surface area (Å²) in [6, 6.07) is 16.9. The molecular formula is C26H36N2Zr. The van der Waals surface area contributed by atoms with Gasteiger partial charge < -0.3 is 27.6 Å². The van der Waals surface area contributed by atoms with E-state index in [-0.39, 0.29) is 53.9 Å². The molecule has 0 N–H and O–H groups in total. The maximum atomic E-state index is 5.17. The minimum Gasteiger partial charge on any atom is -0.674 e. The van der Waals surface area contributed by atoms with Crippen molar-refractivity contribution in [3.63, 3.8) is 0 Å². The number of nitrogens with zero attached hydrogens (tertiary/aromatic N) is 2. The molecular weight excluding hydrogens is 432 g/mol. The van der Waals surface area contributed by atoms with Crippen molar-refractivity contribution in [3.8, 4) is 0 Å². The van der Waals surface area contributed by atoms with E-state index >= 15 is 0 Å². The van der Waals surface area contributed by atoms with E-state index in [9.17, 15) is 0 Å². The second kappa shape index (κ2) is 11.1. The monoisotopic (exact) mass is 466 g/mol. The van der Waals surface area contributed by atoms with E-state index < -0.39 is 5.54 Å². The van der Waals surface area contributed by atoms with Crippen LogP contribution in [-0.4, -0.2) is 4.98 Å². The normalized spacial score (nSPS) is 10.7. The van der Waals surface area contributed by atoms with Gasteiger partial charge in [-0.3, -0.25) is 4.98 Å². The maximum absolute atomic E-state index is 5.17. The Hall–Kier alpha value is -1.47. The zero-order valence-electron chi connectivity index (χ0n) is 19.6. The molecule has 0 atom stereocenters. The summed E-state index contributed by atoms with van der Waals surface area (Å²) in [6.07, 6.45) is 1.95. The van der Waals surface area contributed by atoms with E-state index in [1.165, 1.54) is 16.5 Å². The number of rotatable bonds is 3. The Morgan fingerprint density at radius 1 is 0.793 bits per heavy atom. The Balaban J connectivity index is 0. The minimum absolute atomic E-state index is 0. The van der Waals surface area contributed by atoms with Gasteiger partial charge in [0.25, 0.3) is 0 Å². The van der Waals surface area contributed by atoms with Gasteiger partial charge in [0.1, 0.15) is 0 Å². The van der Waals surface area contributed by atoms with E-state index in [1.807, 2.05) is 12.3 Å². The molecule has 0 saturated carbocycles. The van der Waals surface area contributed by atoms with Gasteiger partial charge in [0.05, 0.1) is 0 Å². The zero-order chi connectivity index (χ0) is 18.2. The second-order valence-corrected chi connectivity index (χ2v) is 8.31. The quantitative estimate of drug-likeness (QED) is 0.357. The third kappa shape index (κ3) is 6.51. The zero-order valence-corrected chi connectivity index (χ0v) is 22.0. The summed E-state index contributed by atoms with van der Waals surface area (Å²) in [5.74, 6) is 0. The van der Waals surface area contributed by atoms with E-state index in [0.29, 0.717) is 0 Å². The molecule has 154 valence electrons. The van der Waals surface area contributed by atoms with Gasteiger partial charge in [-0.25, -0.2) is 0 Å². The molecule has 0 bridgehead atoms. The second-order valence-electron chi connectivity index (χ2n) is 8.31. The van der Waals surface area contributed by atoms with Gasteiger partial charge in [-0.2, -0.15) is 0 Å². The first-order valence-electron chi connectivity index (χ1n) is 8.87. The molecule has 2 aromatic carbocycles. The topological polar surface area (TPSA) is 27.0 Å². The van der Waals surface area contributed by atoms with E-state index in [1.54, 1.807) is 0 Å². The predicted octanol–water partition coefficient (Wildman–Crippen LogP) is 8.13. The molecule has 2 nitrogen and oxygen atoms in total. The van der Waals surface area contributed by atoms with Gasteiger partial charge >= 0.3 is 26.2 Å². The molecule has 0 aliphatic heterocycles. The molecule has 1 heterocycles. The van der Waals surface area contributed by atoms with Gasteiger partial charge in [-0.15, -0.1) is 5.69 Å². The SMILES string of the molecule is Cc1cccc(C(C)(C)C)c1[N-]C(C)(C)c1cc2ccccc2cn1.[CH3-].[CH3-].[CH3-].[Zr+4]. The first-order chi connectivity index (χ1) is 11.7. The third-order valence-electron chi connectivity index (χ3n) is 4.69. The van der Waals surface area contributed by atoms with Crippen LogP contribution in [0.15, 0.2) is 54.7 Å². The first kappa shape index (κ1) is 29.7. The van der Waals surface area contributed by atoms with E-state index in [0.717, 1.165) is 16.8 Å². The Kier molecular flexibility index (Phi) is 11.3. The molecule has 0 unspecified atom stereocenters. The Morgan fingerprint density at radius 2 is 1.38 bits per heavy atom. The number of para-hydroxylation sites is 1. The van der Waals surface area contributed by atoms with Gasteiger partial charge in [0, 0.05) is 17.3 Å². The van der Waals surface area contributed by atoms with Crippen LogP contribution in [0.3, 0.4) is 0 Å². The fourth-order valence-corrected chi connectivity index (χ4v) is 3.17. The van der Waals surface area contributed by atoms with Gasteiger partial charge in [-0.05, 0) is 23.8 Å². The summed E-state index contributed by atoms with van der Waals surface area (Å²) in [6.45, 7) is 13.1. The first-order valence-corrected chi connectivity index (χ1v) is 8.87. The summed E-state index contributed by atoms with van der Waals surface area (Å²) in [5, 5.41) is 7.54. The molecule has 0 spiro atoms. The predicted molar refractivity (Wildman–Crippen MR) is 127 cm³/mol. The molecule has 1 aromatic heterocycles. The average molecular weight is 468 g/mol. The van der Waals surface area contributed by atoms with Crippen molar-refractivity contribution in [2.45, 2.75) is 52.5 Å². The molecule has 0 amide bonds. The van der Waals surface area contributed by atoms with Crippen LogP contribution < -0.4 is 0 Å². The average Bonchev–Trinajstić information content (AvgIpc) is 2.55. The van der Waals surface area contributed by atoms with Crippen molar-refractivity contribution in [2.24, 2.45) is 0 Å². The van der Waals surface area contributed by atoms with Crippen molar-refractivity contribution in [1.29, 1.82) is 0 Å². The Bertz CT molecular complexity index is 908. The number of aromatic nitrogens is 1.